The Morgan fingerprint density at radius 1 is 0.966 bits per heavy atom. The molecule has 2 aromatic carbocycles. The number of aromatic nitrogens is 1. The number of hydrogen-bond donors (Lipinski definition) is 0. The first-order valence-electron chi connectivity index (χ1n) is 10.8. The molecule has 5 rings (SSSR count). The maximum atomic E-state index is 2.46. The highest BCUT2D eigenvalue weighted by Crippen LogP contribution is 2.43. The first kappa shape index (κ1) is 18.8. The molecule has 4 aromatic rings. The Balaban J connectivity index is 1.61. The monoisotopic (exact) mass is 400 g/mol. The molecule has 0 atom stereocenters. The van der Waals surface area contributed by atoms with Gasteiger partial charge < -0.3 is 0 Å². The van der Waals surface area contributed by atoms with Crippen molar-refractivity contribution in [3.63, 3.8) is 0 Å². The first-order valence-corrected chi connectivity index (χ1v) is 11.7. The molecule has 1 aliphatic rings. The zero-order valence-corrected chi connectivity index (χ0v) is 18.8. The van der Waals surface area contributed by atoms with Crippen molar-refractivity contribution in [2.45, 2.75) is 52.4 Å². The fourth-order valence-corrected chi connectivity index (χ4v) is 5.90. The fraction of sp³-hybridized carbons (Fsp3) is 0.370. The summed E-state index contributed by atoms with van der Waals surface area (Å²) in [6.07, 6.45) is 7.54. The van der Waals surface area contributed by atoms with Crippen LogP contribution in [0.2, 0.25) is 0 Å². The maximum Gasteiger partial charge on any atom is 0.220 e. The zero-order chi connectivity index (χ0) is 20.2. The molecule has 2 aromatic heterocycles. The second-order valence-corrected chi connectivity index (χ2v) is 10.6. The first-order chi connectivity index (χ1) is 13.9. The van der Waals surface area contributed by atoms with Crippen molar-refractivity contribution >= 4 is 32.2 Å². The minimum atomic E-state index is 0.520. The molecule has 2 heteroatoms. The molecule has 0 N–H and O–H groups in total. The van der Waals surface area contributed by atoms with Crippen molar-refractivity contribution in [1.29, 1.82) is 0 Å². The van der Waals surface area contributed by atoms with Gasteiger partial charge >= 0.3 is 0 Å². The molecule has 1 fully saturated rings. The van der Waals surface area contributed by atoms with E-state index in [0.29, 0.717) is 11.3 Å². The fourth-order valence-electron chi connectivity index (χ4n) is 5.09. The number of nitrogens with zero attached hydrogens (tertiary/aromatic N) is 1. The summed E-state index contributed by atoms with van der Waals surface area (Å²) in [5.41, 5.74) is 6.06. The van der Waals surface area contributed by atoms with Gasteiger partial charge in [0.15, 0.2) is 6.20 Å². The topological polar surface area (TPSA) is 3.88 Å². The summed E-state index contributed by atoms with van der Waals surface area (Å²) in [5.74, 6) is 0.717. The third-order valence-corrected chi connectivity index (χ3v) is 7.91. The van der Waals surface area contributed by atoms with Crippen molar-refractivity contribution < 1.29 is 4.57 Å². The van der Waals surface area contributed by atoms with E-state index in [4.69, 9.17) is 0 Å². The van der Waals surface area contributed by atoms with E-state index in [-0.39, 0.29) is 0 Å². The molecule has 0 unspecified atom stereocenters. The van der Waals surface area contributed by atoms with E-state index in [9.17, 15) is 0 Å². The standard InChI is InChI=1S/C27H30NS/c1-18-15-22-10-14-29-25(22)17-24(18)26-23-6-5-20(16-21(23)9-13-28(26)4)19-7-11-27(2,3)12-8-19/h5-6,9-10,13-17,19H,7-8,11-12H2,1-4H3/q+1. The van der Waals surface area contributed by atoms with Gasteiger partial charge in [0.2, 0.25) is 5.69 Å². The average Bonchev–Trinajstić information content (AvgIpc) is 3.14. The van der Waals surface area contributed by atoms with Crippen LogP contribution in [-0.4, -0.2) is 0 Å². The Morgan fingerprint density at radius 3 is 2.55 bits per heavy atom. The van der Waals surface area contributed by atoms with Crippen LogP contribution in [0.1, 0.15) is 56.6 Å². The number of fused-ring (bicyclic) bond motifs is 2. The minimum Gasteiger partial charge on any atom is -0.200 e. The molecule has 0 radical (unpaired) electrons. The van der Waals surface area contributed by atoms with E-state index in [0.717, 1.165) is 0 Å². The lowest BCUT2D eigenvalue weighted by Crippen LogP contribution is -2.30. The smallest absolute Gasteiger partial charge is 0.200 e. The summed E-state index contributed by atoms with van der Waals surface area (Å²) in [5, 5.41) is 6.26. The van der Waals surface area contributed by atoms with Gasteiger partial charge in [-0.1, -0.05) is 26.0 Å². The van der Waals surface area contributed by atoms with Crippen LogP contribution in [0.3, 0.4) is 0 Å². The predicted molar refractivity (Wildman–Crippen MR) is 126 cm³/mol. The summed E-state index contributed by atoms with van der Waals surface area (Å²) in [7, 11) is 2.17. The molecule has 0 saturated heterocycles. The second-order valence-electron chi connectivity index (χ2n) is 9.69. The van der Waals surface area contributed by atoms with Crippen LogP contribution in [0.15, 0.2) is 54.0 Å². The van der Waals surface area contributed by atoms with Crippen LogP contribution in [0.5, 0.6) is 0 Å². The van der Waals surface area contributed by atoms with E-state index in [2.05, 4.69) is 86.4 Å². The number of thiophene rings is 1. The maximum absolute atomic E-state index is 2.46. The zero-order valence-electron chi connectivity index (χ0n) is 18.0. The van der Waals surface area contributed by atoms with E-state index in [1.54, 1.807) is 0 Å². The molecule has 148 valence electrons. The molecule has 1 nitrogen and oxygen atoms in total. The molecule has 0 amide bonds. The third-order valence-electron chi connectivity index (χ3n) is 7.03. The lowest BCUT2D eigenvalue weighted by molar-refractivity contribution is -0.659. The van der Waals surface area contributed by atoms with E-state index < -0.39 is 0 Å². The number of pyridine rings is 1. The summed E-state index contributed by atoms with van der Waals surface area (Å²) in [4.78, 5) is 0. The van der Waals surface area contributed by atoms with Crippen molar-refractivity contribution in [2.75, 3.05) is 0 Å². The Morgan fingerprint density at radius 2 is 1.76 bits per heavy atom. The van der Waals surface area contributed by atoms with Crippen LogP contribution in [0.25, 0.3) is 32.1 Å². The van der Waals surface area contributed by atoms with Crippen LogP contribution in [0, 0.1) is 12.3 Å². The number of benzene rings is 2. The van der Waals surface area contributed by atoms with Gasteiger partial charge in [0, 0.05) is 10.8 Å². The molecule has 2 heterocycles. The predicted octanol–water partition coefficient (Wildman–Crippen LogP) is 7.54. The molecular formula is C27H30NS+. The second kappa shape index (κ2) is 6.95. The number of hydrogen-bond acceptors (Lipinski definition) is 1. The SMILES string of the molecule is Cc1cc2ccsc2cc1-c1c2ccc(C3CCC(C)(C)CC3)cc2cc[n+]1C. The van der Waals surface area contributed by atoms with Crippen molar-refractivity contribution in [3.05, 3.63) is 65.2 Å². The molecule has 0 bridgehead atoms. The molecule has 29 heavy (non-hydrogen) atoms. The van der Waals surface area contributed by atoms with Gasteiger partial charge in [-0.15, -0.1) is 11.3 Å². The Hall–Kier alpha value is -2.19. The van der Waals surface area contributed by atoms with Crippen LogP contribution in [0.4, 0.5) is 0 Å². The van der Waals surface area contributed by atoms with E-state index in [1.807, 2.05) is 11.3 Å². The van der Waals surface area contributed by atoms with E-state index >= 15 is 0 Å². The minimum absolute atomic E-state index is 0.520. The molecule has 0 aliphatic heterocycles. The Kier molecular flexibility index (Phi) is 4.51. The van der Waals surface area contributed by atoms with Crippen molar-refractivity contribution in [3.8, 4) is 11.3 Å². The lowest BCUT2D eigenvalue weighted by Gasteiger charge is -2.34. The molecule has 1 aliphatic carbocycles. The van der Waals surface area contributed by atoms with Crippen molar-refractivity contribution in [2.24, 2.45) is 12.5 Å². The Bertz CT molecular complexity index is 1200. The van der Waals surface area contributed by atoms with Gasteiger partial charge in [0.25, 0.3) is 0 Å². The third kappa shape index (κ3) is 3.38. The highest BCUT2D eigenvalue weighted by atomic mass is 32.1. The summed E-state index contributed by atoms with van der Waals surface area (Å²) in [6, 6.07) is 16.4. The van der Waals surface area contributed by atoms with Gasteiger partial charge in [0.05, 0.1) is 10.9 Å². The quantitative estimate of drug-likeness (QED) is 0.306. The number of aryl methyl sites for hydroxylation is 2. The lowest BCUT2D eigenvalue weighted by atomic mass is 9.71. The Labute approximate surface area is 178 Å². The van der Waals surface area contributed by atoms with Gasteiger partial charge in [-0.05, 0) is 95.5 Å². The summed E-state index contributed by atoms with van der Waals surface area (Å²) in [6.45, 7) is 7.08. The number of rotatable bonds is 2. The van der Waals surface area contributed by atoms with Gasteiger partial charge in [-0.3, -0.25) is 0 Å². The van der Waals surface area contributed by atoms with Crippen molar-refractivity contribution in [1.82, 2.24) is 0 Å². The normalized spacial score (nSPS) is 17.2. The average molecular weight is 401 g/mol. The highest BCUT2D eigenvalue weighted by Gasteiger charge is 2.28. The molecule has 0 spiro atoms. The van der Waals surface area contributed by atoms with Gasteiger partial charge in [-0.2, -0.15) is 0 Å². The molecular weight excluding hydrogens is 370 g/mol. The highest BCUT2D eigenvalue weighted by molar-refractivity contribution is 7.17. The van der Waals surface area contributed by atoms with Gasteiger partial charge in [-0.25, -0.2) is 4.57 Å². The van der Waals surface area contributed by atoms with Crippen LogP contribution < -0.4 is 4.57 Å². The van der Waals surface area contributed by atoms with Gasteiger partial charge in [0.1, 0.15) is 7.05 Å². The van der Waals surface area contributed by atoms with Crippen LogP contribution in [-0.2, 0) is 7.05 Å². The van der Waals surface area contributed by atoms with Crippen LogP contribution >= 0.6 is 11.3 Å². The molecule has 1 saturated carbocycles. The van der Waals surface area contributed by atoms with E-state index in [1.165, 1.54) is 68.9 Å². The summed E-state index contributed by atoms with van der Waals surface area (Å²) < 4.78 is 3.65. The largest absolute Gasteiger partial charge is 0.220 e. The summed E-state index contributed by atoms with van der Waals surface area (Å²) >= 11 is 1.83.